The molecule has 1 amide bonds. The maximum absolute atomic E-state index is 12.5. The van der Waals surface area contributed by atoms with Gasteiger partial charge in [-0.15, -0.1) is 0 Å². The zero-order valence-corrected chi connectivity index (χ0v) is 17.9. The lowest BCUT2D eigenvalue weighted by atomic mass is 10.0. The van der Waals surface area contributed by atoms with E-state index in [1.165, 1.54) is 31.4 Å². The van der Waals surface area contributed by atoms with E-state index in [0.29, 0.717) is 17.1 Å². The third-order valence-corrected chi connectivity index (χ3v) is 5.67. The minimum Gasteiger partial charge on any atom is -0.467 e. The number of hydrogen-bond acceptors (Lipinski definition) is 5. The van der Waals surface area contributed by atoms with Gasteiger partial charge in [-0.25, -0.2) is 13.2 Å². The molecule has 9 heteroatoms. The van der Waals surface area contributed by atoms with E-state index >= 15 is 0 Å². The van der Waals surface area contributed by atoms with Crippen LogP contribution < -0.4 is 10.0 Å². The SMILES string of the molecule is COC(=O)C(CC(C)C)NC(=O)c1ccc(S(=O)(=O)Nc2ccc(Cl)cc2)cc1. The lowest BCUT2D eigenvalue weighted by Gasteiger charge is -2.18. The van der Waals surface area contributed by atoms with Gasteiger partial charge < -0.3 is 10.1 Å². The second-order valence-corrected chi connectivity index (χ2v) is 8.93. The van der Waals surface area contributed by atoms with E-state index in [2.05, 4.69) is 10.0 Å². The van der Waals surface area contributed by atoms with Crippen LogP contribution in [-0.2, 0) is 19.6 Å². The van der Waals surface area contributed by atoms with E-state index in [-0.39, 0.29) is 16.4 Å². The molecule has 0 fully saturated rings. The van der Waals surface area contributed by atoms with Crippen molar-refractivity contribution in [3.05, 3.63) is 59.1 Å². The molecule has 0 spiro atoms. The average molecular weight is 439 g/mol. The summed E-state index contributed by atoms with van der Waals surface area (Å²) in [6, 6.07) is 10.9. The molecule has 0 aromatic heterocycles. The van der Waals surface area contributed by atoms with Crippen molar-refractivity contribution < 1.29 is 22.7 Å². The Labute approximate surface area is 175 Å². The largest absolute Gasteiger partial charge is 0.467 e. The molecule has 0 bridgehead atoms. The van der Waals surface area contributed by atoms with Crippen LogP contribution in [0.2, 0.25) is 5.02 Å². The highest BCUT2D eigenvalue weighted by atomic mass is 35.5. The van der Waals surface area contributed by atoms with Gasteiger partial charge in [-0.1, -0.05) is 25.4 Å². The van der Waals surface area contributed by atoms with Gasteiger partial charge in [0.15, 0.2) is 0 Å². The van der Waals surface area contributed by atoms with Gasteiger partial charge in [0.2, 0.25) is 0 Å². The molecule has 2 aromatic carbocycles. The number of nitrogens with one attached hydrogen (secondary N) is 2. The summed E-state index contributed by atoms with van der Waals surface area (Å²) >= 11 is 5.80. The van der Waals surface area contributed by atoms with Crippen molar-refractivity contribution in [3.8, 4) is 0 Å². The fourth-order valence-electron chi connectivity index (χ4n) is 2.59. The van der Waals surface area contributed by atoms with E-state index in [1.54, 1.807) is 24.3 Å². The molecule has 156 valence electrons. The molecule has 0 radical (unpaired) electrons. The Morgan fingerprint density at radius 1 is 1.03 bits per heavy atom. The molecule has 0 aliphatic carbocycles. The molecule has 29 heavy (non-hydrogen) atoms. The number of amides is 1. The fraction of sp³-hybridized carbons (Fsp3) is 0.300. The molecule has 0 aliphatic rings. The molecule has 0 heterocycles. The minimum absolute atomic E-state index is 0.00398. The summed E-state index contributed by atoms with van der Waals surface area (Å²) in [4.78, 5) is 24.3. The van der Waals surface area contributed by atoms with Gasteiger partial charge >= 0.3 is 5.97 Å². The summed E-state index contributed by atoms with van der Waals surface area (Å²) in [5.74, 6) is -0.847. The normalized spacial score (nSPS) is 12.3. The quantitative estimate of drug-likeness (QED) is 0.614. The Morgan fingerprint density at radius 3 is 2.14 bits per heavy atom. The maximum atomic E-state index is 12.5. The zero-order valence-electron chi connectivity index (χ0n) is 16.3. The zero-order chi connectivity index (χ0) is 21.6. The van der Waals surface area contributed by atoms with Crippen LogP contribution in [-0.4, -0.2) is 33.4 Å². The van der Waals surface area contributed by atoms with Gasteiger partial charge in [0.05, 0.1) is 12.0 Å². The lowest BCUT2D eigenvalue weighted by molar-refractivity contribution is -0.143. The van der Waals surface area contributed by atoms with Gasteiger partial charge in [0.25, 0.3) is 15.9 Å². The number of esters is 1. The Hall–Kier alpha value is -2.58. The smallest absolute Gasteiger partial charge is 0.328 e. The first-order chi connectivity index (χ1) is 13.6. The molecular weight excluding hydrogens is 416 g/mol. The number of carbonyl (C=O) groups excluding carboxylic acids is 2. The predicted octanol–water partition coefficient (Wildman–Crippen LogP) is 3.46. The van der Waals surface area contributed by atoms with Crippen molar-refractivity contribution in [2.75, 3.05) is 11.8 Å². The second kappa shape index (κ2) is 9.76. The Balaban J connectivity index is 2.12. The summed E-state index contributed by atoms with van der Waals surface area (Å²) in [7, 11) is -2.56. The van der Waals surface area contributed by atoms with Crippen molar-refractivity contribution in [1.29, 1.82) is 0 Å². The Morgan fingerprint density at radius 2 is 1.62 bits per heavy atom. The van der Waals surface area contributed by atoms with E-state index in [0.717, 1.165) is 0 Å². The Kier molecular flexibility index (Phi) is 7.64. The number of halogens is 1. The van der Waals surface area contributed by atoms with Crippen molar-refractivity contribution in [2.45, 2.75) is 31.2 Å². The predicted molar refractivity (Wildman–Crippen MR) is 111 cm³/mol. The van der Waals surface area contributed by atoms with Crippen LogP contribution in [0.4, 0.5) is 5.69 Å². The highest BCUT2D eigenvalue weighted by Crippen LogP contribution is 2.19. The highest BCUT2D eigenvalue weighted by molar-refractivity contribution is 7.92. The summed E-state index contributed by atoms with van der Waals surface area (Å²) < 4.78 is 32.1. The number of sulfonamides is 1. The summed E-state index contributed by atoms with van der Waals surface area (Å²) in [6.07, 6.45) is 0.426. The molecule has 0 saturated carbocycles. The number of benzene rings is 2. The van der Waals surface area contributed by atoms with Crippen LogP contribution in [0.5, 0.6) is 0 Å². The number of anilines is 1. The maximum Gasteiger partial charge on any atom is 0.328 e. The van der Waals surface area contributed by atoms with Crippen LogP contribution in [0.3, 0.4) is 0 Å². The lowest BCUT2D eigenvalue weighted by Crippen LogP contribution is -2.42. The van der Waals surface area contributed by atoms with Crippen molar-refractivity contribution in [2.24, 2.45) is 5.92 Å². The van der Waals surface area contributed by atoms with Crippen LogP contribution in [0.25, 0.3) is 0 Å². The summed E-state index contributed by atoms with van der Waals surface area (Å²) in [5.41, 5.74) is 0.596. The standard InChI is InChI=1S/C20H23ClN2O5S/c1-13(2)12-18(20(25)28-3)22-19(24)14-4-10-17(11-5-14)29(26,27)23-16-8-6-15(21)7-9-16/h4-11,13,18,23H,12H2,1-3H3,(H,22,24). The third-order valence-electron chi connectivity index (χ3n) is 4.02. The van der Waals surface area contributed by atoms with Crippen LogP contribution in [0, 0.1) is 5.92 Å². The molecule has 0 saturated heterocycles. The van der Waals surface area contributed by atoms with Gasteiger partial charge in [-0.05, 0) is 60.9 Å². The number of carbonyl (C=O) groups is 2. The van der Waals surface area contributed by atoms with Gasteiger partial charge in [-0.2, -0.15) is 0 Å². The molecule has 2 rings (SSSR count). The van der Waals surface area contributed by atoms with E-state index < -0.39 is 27.9 Å². The second-order valence-electron chi connectivity index (χ2n) is 6.82. The molecule has 1 unspecified atom stereocenters. The first-order valence-corrected chi connectivity index (χ1v) is 10.8. The highest BCUT2D eigenvalue weighted by Gasteiger charge is 2.23. The molecule has 0 aliphatic heterocycles. The van der Waals surface area contributed by atoms with Crippen LogP contribution in [0.1, 0.15) is 30.6 Å². The third kappa shape index (κ3) is 6.47. The molecule has 2 aromatic rings. The van der Waals surface area contributed by atoms with Gasteiger partial charge in [0, 0.05) is 16.3 Å². The van der Waals surface area contributed by atoms with E-state index in [1.807, 2.05) is 13.8 Å². The van der Waals surface area contributed by atoms with Crippen molar-refractivity contribution >= 4 is 39.2 Å². The fourth-order valence-corrected chi connectivity index (χ4v) is 3.77. The van der Waals surface area contributed by atoms with Gasteiger partial charge in [0.1, 0.15) is 6.04 Å². The van der Waals surface area contributed by atoms with Crippen LogP contribution in [0.15, 0.2) is 53.4 Å². The first-order valence-electron chi connectivity index (χ1n) is 8.89. The van der Waals surface area contributed by atoms with Crippen molar-refractivity contribution in [3.63, 3.8) is 0 Å². The number of hydrogen-bond donors (Lipinski definition) is 2. The monoisotopic (exact) mass is 438 g/mol. The molecule has 7 nitrogen and oxygen atoms in total. The van der Waals surface area contributed by atoms with Crippen LogP contribution >= 0.6 is 11.6 Å². The number of ether oxygens (including phenoxy) is 1. The number of methoxy groups -OCH3 is 1. The van der Waals surface area contributed by atoms with Gasteiger partial charge in [-0.3, -0.25) is 9.52 Å². The average Bonchev–Trinajstić information content (AvgIpc) is 2.68. The summed E-state index contributed by atoms with van der Waals surface area (Å²) in [6.45, 7) is 3.85. The summed E-state index contributed by atoms with van der Waals surface area (Å²) in [5, 5.41) is 3.12. The van der Waals surface area contributed by atoms with E-state index in [9.17, 15) is 18.0 Å². The van der Waals surface area contributed by atoms with Crippen molar-refractivity contribution in [1.82, 2.24) is 5.32 Å². The first kappa shape index (κ1) is 22.7. The topological polar surface area (TPSA) is 102 Å². The minimum atomic E-state index is -3.82. The molecule has 1 atom stereocenters. The van der Waals surface area contributed by atoms with E-state index in [4.69, 9.17) is 16.3 Å². The molecule has 2 N–H and O–H groups in total. The Bertz CT molecular complexity index is 957. The number of rotatable bonds is 8. The molecular formula is C20H23ClN2O5S.